The summed E-state index contributed by atoms with van der Waals surface area (Å²) in [5.41, 5.74) is 0. The highest BCUT2D eigenvalue weighted by Crippen LogP contribution is 2.58. The first-order valence-electron chi connectivity index (χ1n) is 3.98. The van der Waals surface area contributed by atoms with Crippen molar-refractivity contribution in [2.45, 2.75) is 20.8 Å². The lowest BCUT2D eigenvalue weighted by atomic mass is 10.9. The van der Waals surface area contributed by atoms with E-state index in [0.717, 1.165) is 0 Å². The van der Waals surface area contributed by atoms with E-state index in [9.17, 15) is 0 Å². The predicted molar refractivity (Wildman–Crippen MR) is 47.7 cm³/mol. The summed E-state index contributed by atoms with van der Waals surface area (Å²) in [4.78, 5) is 0. The smallest absolute Gasteiger partial charge is 0.408 e. The molecule has 0 radical (unpaired) electrons. The van der Waals surface area contributed by atoms with Crippen molar-refractivity contribution in [2.75, 3.05) is 26.5 Å². The molecule has 0 N–H and O–H groups in total. The summed E-state index contributed by atoms with van der Waals surface area (Å²) in [6.45, 7) is 9.64. The minimum Gasteiger partial charge on any atom is -1.00 e. The van der Waals surface area contributed by atoms with E-state index < -0.39 is 7.94 Å². The molecule has 76 valence electrons. The molecule has 0 aliphatic rings. The van der Waals surface area contributed by atoms with E-state index in [1.165, 1.54) is 0 Å². The number of hydrogen-bond donors (Lipinski definition) is 0. The van der Waals surface area contributed by atoms with Crippen LogP contribution in [-0.2, 0) is 13.6 Å². The van der Waals surface area contributed by atoms with Gasteiger partial charge >= 0.3 is 7.94 Å². The number of hydrogen-bond acceptors (Lipinski definition) is 3. The van der Waals surface area contributed by atoms with Gasteiger partial charge in [0.05, 0.1) is 19.8 Å². The van der Waals surface area contributed by atoms with Crippen molar-refractivity contribution in [2.24, 2.45) is 0 Å². The van der Waals surface area contributed by atoms with Crippen molar-refractivity contribution in [3.63, 3.8) is 0 Å². The Morgan fingerprint density at radius 1 is 0.833 bits per heavy atom. The largest absolute Gasteiger partial charge is 1.00 e. The van der Waals surface area contributed by atoms with Crippen molar-refractivity contribution in [1.29, 1.82) is 0 Å². The molecular formula is C7H18BrO3P. The lowest BCUT2D eigenvalue weighted by molar-refractivity contribution is -0.00000821. The van der Waals surface area contributed by atoms with Crippen molar-refractivity contribution in [3.8, 4) is 0 Å². The van der Waals surface area contributed by atoms with Gasteiger partial charge in [-0.25, -0.2) is 0 Å². The number of rotatable bonds is 6. The Balaban J connectivity index is 0. The SMILES string of the molecule is CCO[P+](C)(OCC)OCC.[Br-]. The Bertz CT molecular complexity index is 85.6. The summed E-state index contributed by atoms with van der Waals surface area (Å²) in [7, 11) is -1.97. The van der Waals surface area contributed by atoms with E-state index in [1.54, 1.807) is 0 Å². The molecule has 0 amide bonds. The quantitative estimate of drug-likeness (QED) is 0.603. The topological polar surface area (TPSA) is 27.7 Å². The van der Waals surface area contributed by atoms with Crippen LogP contribution in [0.4, 0.5) is 0 Å². The first-order chi connectivity index (χ1) is 5.18. The second-order valence-electron chi connectivity index (χ2n) is 2.02. The molecule has 12 heavy (non-hydrogen) atoms. The van der Waals surface area contributed by atoms with Crippen LogP contribution < -0.4 is 17.0 Å². The lowest BCUT2D eigenvalue weighted by Gasteiger charge is -2.15. The van der Waals surface area contributed by atoms with E-state index in [1.807, 2.05) is 27.4 Å². The molecule has 0 bridgehead atoms. The van der Waals surface area contributed by atoms with Gasteiger partial charge in [0.2, 0.25) is 0 Å². The van der Waals surface area contributed by atoms with Crippen molar-refractivity contribution in [3.05, 3.63) is 0 Å². The van der Waals surface area contributed by atoms with Crippen LogP contribution in [0.2, 0.25) is 0 Å². The highest BCUT2D eigenvalue weighted by molar-refractivity contribution is 7.60. The van der Waals surface area contributed by atoms with Gasteiger partial charge in [-0.1, -0.05) is 0 Å². The van der Waals surface area contributed by atoms with Gasteiger partial charge < -0.3 is 17.0 Å². The summed E-state index contributed by atoms with van der Waals surface area (Å²) in [6.07, 6.45) is 0. The summed E-state index contributed by atoms with van der Waals surface area (Å²) >= 11 is 0. The van der Waals surface area contributed by atoms with Crippen LogP contribution in [0.25, 0.3) is 0 Å². The van der Waals surface area contributed by atoms with E-state index in [4.69, 9.17) is 13.6 Å². The molecular weight excluding hydrogens is 243 g/mol. The molecule has 5 heteroatoms. The molecule has 0 saturated carbocycles. The van der Waals surface area contributed by atoms with Gasteiger partial charge in [0, 0.05) is 0 Å². The molecule has 0 aliphatic carbocycles. The molecule has 0 fully saturated rings. The third-order valence-electron chi connectivity index (χ3n) is 1.09. The van der Waals surface area contributed by atoms with Crippen LogP contribution in [0.15, 0.2) is 0 Å². The molecule has 0 aliphatic heterocycles. The number of halogens is 1. The minimum absolute atomic E-state index is 0. The van der Waals surface area contributed by atoms with Gasteiger partial charge in [-0.15, -0.1) is 0 Å². The van der Waals surface area contributed by atoms with E-state index in [-0.39, 0.29) is 17.0 Å². The standard InChI is InChI=1S/C7H18O3P.BrH/c1-5-8-11(4,9-6-2)10-7-3;/h5-7H2,1-4H3;1H/q+1;/p-1. The van der Waals surface area contributed by atoms with Gasteiger partial charge in [0.15, 0.2) is 0 Å². The van der Waals surface area contributed by atoms with E-state index in [0.29, 0.717) is 19.8 Å². The zero-order chi connectivity index (χ0) is 8.74. The zero-order valence-corrected chi connectivity index (χ0v) is 10.7. The molecule has 0 spiro atoms. The first kappa shape index (κ1) is 15.3. The van der Waals surface area contributed by atoms with Crippen LogP contribution in [0.5, 0.6) is 0 Å². The summed E-state index contributed by atoms with van der Waals surface area (Å²) in [5, 5.41) is 0. The molecule has 0 unspecified atom stereocenters. The van der Waals surface area contributed by atoms with Crippen molar-refractivity contribution in [1.82, 2.24) is 0 Å². The van der Waals surface area contributed by atoms with Crippen LogP contribution in [0.3, 0.4) is 0 Å². The fraction of sp³-hybridized carbons (Fsp3) is 1.00. The fourth-order valence-electron chi connectivity index (χ4n) is 0.815. The second-order valence-corrected chi connectivity index (χ2v) is 4.34. The fourth-order valence-corrected chi connectivity index (χ4v) is 2.45. The summed E-state index contributed by atoms with van der Waals surface area (Å²) in [6, 6.07) is 0. The molecule has 3 nitrogen and oxygen atoms in total. The zero-order valence-electron chi connectivity index (χ0n) is 8.17. The Morgan fingerprint density at radius 3 is 1.25 bits per heavy atom. The Kier molecular flexibility index (Phi) is 10.7. The van der Waals surface area contributed by atoms with Crippen molar-refractivity contribution < 1.29 is 30.6 Å². The highest BCUT2D eigenvalue weighted by atomic mass is 79.9. The second kappa shape index (κ2) is 8.39. The maximum atomic E-state index is 5.38. The molecule has 0 saturated heterocycles. The van der Waals surface area contributed by atoms with Crippen LogP contribution in [0.1, 0.15) is 20.8 Å². The molecule has 0 heterocycles. The van der Waals surface area contributed by atoms with Gasteiger partial charge in [-0.05, 0) is 20.8 Å². The molecule has 0 rings (SSSR count). The van der Waals surface area contributed by atoms with Crippen LogP contribution in [-0.4, -0.2) is 26.5 Å². The first-order valence-corrected chi connectivity index (χ1v) is 5.97. The maximum Gasteiger partial charge on any atom is 0.408 e. The molecule has 0 aromatic rings. The van der Waals surface area contributed by atoms with E-state index >= 15 is 0 Å². The van der Waals surface area contributed by atoms with Gasteiger partial charge in [0.25, 0.3) is 0 Å². The highest BCUT2D eigenvalue weighted by Gasteiger charge is 2.36. The Labute approximate surface area is 86.1 Å². The Morgan fingerprint density at radius 2 is 1.08 bits per heavy atom. The van der Waals surface area contributed by atoms with Gasteiger partial charge in [-0.3, -0.25) is 0 Å². The van der Waals surface area contributed by atoms with Crippen LogP contribution >= 0.6 is 7.94 Å². The van der Waals surface area contributed by atoms with Gasteiger partial charge in [0.1, 0.15) is 6.66 Å². The third kappa shape index (κ3) is 6.32. The molecule has 0 atom stereocenters. The Hall–Kier alpha value is 0.790. The van der Waals surface area contributed by atoms with Gasteiger partial charge in [-0.2, -0.15) is 13.6 Å². The predicted octanol–water partition coefficient (Wildman–Crippen LogP) is -0.508. The summed E-state index contributed by atoms with van der Waals surface area (Å²) in [5.74, 6) is 0. The van der Waals surface area contributed by atoms with Crippen LogP contribution in [0, 0.1) is 0 Å². The molecule has 0 aromatic heterocycles. The summed E-state index contributed by atoms with van der Waals surface area (Å²) < 4.78 is 16.1. The lowest BCUT2D eigenvalue weighted by Crippen LogP contribution is -3.00. The average molecular weight is 261 g/mol. The normalized spacial score (nSPS) is 11.0. The van der Waals surface area contributed by atoms with E-state index in [2.05, 4.69) is 0 Å². The third-order valence-corrected chi connectivity index (χ3v) is 3.27. The molecule has 0 aromatic carbocycles. The average Bonchev–Trinajstić information content (AvgIpc) is 1.88. The van der Waals surface area contributed by atoms with Crippen molar-refractivity contribution >= 4 is 7.94 Å². The maximum absolute atomic E-state index is 5.38. The minimum atomic E-state index is -1.97. The monoisotopic (exact) mass is 260 g/mol.